The normalized spacial score (nSPS) is 19.6. The zero-order chi connectivity index (χ0) is 16.0. The highest BCUT2D eigenvalue weighted by atomic mass is 16.5. The third-order valence-electron chi connectivity index (χ3n) is 4.62. The maximum absolute atomic E-state index is 13.0. The molecule has 0 radical (unpaired) electrons. The molecule has 23 heavy (non-hydrogen) atoms. The van der Waals surface area contributed by atoms with Crippen LogP contribution < -0.4 is 11.1 Å². The number of nitrogens with one attached hydrogen (secondary N) is 1. The standard InChI is InChI=1S/C16H19N5O2/c1-9-6-18-7-11-10(2-4-19-14(9)11)16(22)21-15(17)12-8-23-5-3-13(12)20-21/h6-7,10,19H,2-5,8,17H2,1H3. The zero-order valence-corrected chi connectivity index (χ0v) is 13.0. The molecular weight excluding hydrogens is 294 g/mol. The smallest absolute Gasteiger partial charge is 0.256 e. The SMILES string of the molecule is Cc1cncc2c1NCCC2C(=O)n1nc2c(c1N)COCC2. The summed E-state index contributed by atoms with van der Waals surface area (Å²) >= 11 is 0. The van der Waals surface area contributed by atoms with Crippen LogP contribution in [0.3, 0.4) is 0 Å². The average Bonchev–Trinajstić information content (AvgIpc) is 2.92. The van der Waals surface area contributed by atoms with Gasteiger partial charge >= 0.3 is 0 Å². The molecule has 7 nitrogen and oxygen atoms in total. The summed E-state index contributed by atoms with van der Waals surface area (Å²) in [7, 11) is 0. The van der Waals surface area contributed by atoms with E-state index in [-0.39, 0.29) is 11.8 Å². The molecule has 2 aromatic rings. The Labute approximate surface area is 133 Å². The van der Waals surface area contributed by atoms with Crippen molar-refractivity contribution in [2.75, 3.05) is 24.2 Å². The van der Waals surface area contributed by atoms with Crippen molar-refractivity contribution in [1.82, 2.24) is 14.8 Å². The van der Waals surface area contributed by atoms with Gasteiger partial charge in [-0.3, -0.25) is 9.78 Å². The minimum absolute atomic E-state index is 0.0907. The van der Waals surface area contributed by atoms with Crippen LogP contribution >= 0.6 is 0 Å². The number of nitrogens with two attached hydrogens (primary N) is 1. The van der Waals surface area contributed by atoms with Crippen LogP contribution in [0, 0.1) is 6.92 Å². The summed E-state index contributed by atoms with van der Waals surface area (Å²) < 4.78 is 6.79. The Morgan fingerprint density at radius 2 is 2.35 bits per heavy atom. The van der Waals surface area contributed by atoms with E-state index in [0.29, 0.717) is 31.9 Å². The fourth-order valence-corrected chi connectivity index (χ4v) is 3.37. The molecule has 7 heteroatoms. The lowest BCUT2D eigenvalue weighted by Gasteiger charge is -2.26. The van der Waals surface area contributed by atoms with Crippen LogP contribution in [-0.2, 0) is 17.8 Å². The molecule has 0 fully saturated rings. The number of rotatable bonds is 1. The van der Waals surface area contributed by atoms with Crippen LogP contribution in [0.4, 0.5) is 11.5 Å². The Balaban J connectivity index is 1.74. The van der Waals surface area contributed by atoms with Gasteiger partial charge < -0.3 is 15.8 Å². The molecule has 2 aromatic heterocycles. The maximum atomic E-state index is 13.0. The lowest BCUT2D eigenvalue weighted by atomic mass is 9.90. The number of ether oxygens (including phenoxy) is 1. The van der Waals surface area contributed by atoms with Crippen molar-refractivity contribution in [3.05, 3.63) is 34.8 Å². The topological polar surface area (TPSA) is 95.1 Å². The first-order valence-corrected chi connectivity index (χ1v) is 7.83. The van der Waals surface area contributed by atoms with Gasteiger partial charge in [0.15, 0.2) is 0 Å². The monoisotopic (exact) mass is 313 g/mol. The molecule has 0 saturated heterocycles. The van der Waals surface area contributed by atoms with E-state index in [0.717, 1.165) is 34.6 Å². The second-order valence-electron chi connectivity index (χ2n) is 6.05. The number of pyridine rings is 1. The predicted octanol–water partition coefficient (Wildman–Crippen LogP) is 1.48. The Kier molecular flexibility index (Phi) is 3.30. The van der Waals surface area contributed by atoms with Crippen molar-refractivity contribution >= 4 is 17.4 Å². The third kappa shape index (κ3) is 2.19. The van der Waals surface area contributed by atoms with Gasteiger partial charge in [-0.05, 0) is 18.9 Å². The molecule has 0 aromatic carbocycles. The summed E-state index contributed by atoms with van der Waals surface area (Å²) in [4.78, 5) is 17.3. The van der Waals surface area contributed by atoms with Crippen LogP contribution in [0.15, 0.2) is 12.4 Å². The number of aromatic nitrogens is 3. The van der Waals surface area contributed by atoms with Crippen molar-refractivity contribution in [2.45, 2.75) is 32.3 Å². The summed E-state index contributed by atoms with van der Waals surface area (Å²) in [5, 5.41) is 7.80. The summed E-state index contributed by atoms with van der Waals surface area (Å²) in [6, 6.07) is 0. The lowest BCUT2D eigenvalue weighted by molar-refractivity contribution is 0.0858. The van der Waals surface area contributed by atoms with Gasteiger partial charge in [0.2, 0.25) is 0 Å². The Hall–Kier alpha value is -2.41. The fraction of sp³-hybridized carbons (Fsp3) is 0.438. The number of hydrogen-bond donors (Lipinski definition) is 2. The first-order chi connectivity index (χ1) is 11.2. The lowest BCUT2D eigenvalue weighted by Crippen LogP contribution is -2.29. The second kappa shape index (κ2) is 5.34. The first-order valence-electron chi connectivity index (χ1n) is 7.83. The number of carbonyl (C=O) groups excluding carboxylic acids is 1. The Bertz CT molecular complexity index is 783. The minimum atomic E-state index is -0.275. The number of nitrogens with zero attached hydrogens (tertiary/aromatic N) is 3. The molecule has 120 valence electrons. The maximum Gasteiger partial charge on any atom is 0.256 e. The van der Waals surface area contributed by atoms with Crippen molar-refractivity contribution in [2.24, 2.45) is 0 Å². The van der Waals surface area contributed by atoms with E-state index in [1.807, 2.05) is 6.92 Å². The molecule has 0 bridgehead atoms. The molecule has 3 N–H and O–H groups in total. The van der Waals surface area contributed by atoms with Crippen LogP contribution in [0.2, 0.25) is 0 Å². The summed E-state index contributed by atoms with van der Waals surface area (Å²) in [6.45, 7) is 3.79. The molecule has 4 rings (SSSR count). The molecule has 0 aliphatic carbocycles. The number of carbonyl (C=O) groups is 1. The molecule has 2 aliphatic heterocycles. The van der Waals surface area contributed by atoms with E-state index >= 15 is 0 Å². The van der Waals surface area contributed by atoms with E-state index in [2.05, 4.69) is 15.4 Å². The van der Waals surface area contributed by atoms with Gasteiger partial charge in [-0.2, -0.15) is 9.78 Å². The quantitative estimate of drug-likeness (QED) is 0.828. The van der Waals surface area contributed by atoms with E-state index in [1.165, 1.54) is 4.68 Å². The van der Waals surface area contributed by atoms with Crippen LogP contribution in [-0.4, -0.2) is 33.8 Å². The highest BCUT2D eigenvalue weighted by molar-refractivity contribution is 5.90. The van der Waals surface area contributed by atoms with Gasteiger partial charge in [-0.25, -0.2) is 0 Å². The Morgan fingerprint density at radius 3 is 3.17 bits per heavy atom. The summed E-state index contributed by atoms with van der Waals surface area (Å²) in [5.74, 6) is 0.0423. The minimum Gasteiger partial charge on any atom is -0.384 e. The molecule has 1 unspecified atom stereocenters. The highest BCUT2D eigenvalue weighted by Crippen LogP contribution is 2.35. The first kappa shape index (κ1) is 14.2. The molecule has 0 saturated carbocycles. The van der Waals surface area contributed by atoms with Crippen molar-refractivity contribution in [3.63, 3.8) is 0 Å². The molecule has 0 amide bonds. The molecule has 0 spiro atoms. The van der Waals surface area contributed by atoms with Gasteiger partial charge in [0.25, 0.3) is 5.91 Å². The number of fused-ring (bicyclic) bond motifs is 2. The van der Waals surface area contributed by atoms with Gasteiger partial charge in [0, 0.05) is 42.2 Å². The number of hydrogen-bond acceptors (Lipinski definition) is 6. The molecular formula is C16H19N5O2. The number of nitrogen functional groups attached to an aromatic ring is 1. The molecule has 2 aliphatic rings. The van der Waals surface area contributed by atoms with E-state index in [9.17, 15) is 4.79 Å². The predicted molar refractivity (Wildman–Crippen MR) is 85.4 cm³/mol. The van der Waals surface area contributed by atoms with E-state index in [1.54, 1.807) is 12.4 Å². The van der Waals surface area contributed by atoms with Crippen LogP contribution in [0.1, 0.15) is 39.5 Å². The van der Waals surface area contributed by atoms with Gasteiger partial charge in [-0.1, -0.05) is 0 Å². The van der Waals surface area contributed by atoms with Gasteiger partial charge in [0.05, 0.1) is 24.8 Å². The zero-order valence-electron chi connectivity index (χ0n) is 13.0. The number of aryl methyl sites for hydroxylation is 1. The van der Waals surface area contributed by atoms with Gasteiger partial charge in [0.1, 0.15) is 5.82 Å². The van der Waals surface area contributed by atoms with E-state index < -0.39 is 0 Å². The van der Waals surface area contributed by atoms with Gasteiger partial charge in [-0.15, -0.1) is 0 Å². The largest absolute Gasteiger partial charge is 0.384 e. The van der Waals surface area contributed by atoms with Crippen molar-refractivity contribution in [1.29, 1.82) is 0 Å². The summed E-state index contributed by atoms with van der Waals surface area (Å²) in [6.07, 6.45) is 4.97. The van der Waals surface area contributed by atoms with Crippen LogP contribution in [0.5, 0.6) is 0 Å². The Morgan fingerprint density at radius 1 is 1.48 bits per heavy atom. The average molecular weight is 313 g/mol. The molecule has 1 atom stereocenters. The second-order valence-corrected chi connectivity index (χ2v) is 6.05. The van der Waals surface area contributed by atoms with Crippen molar-refractivity contribution < 1.29 is 9.53 Å². The molecule has 4 heterocycles. The third-order valence-corrected chi connectivity index (χ3v) is 4.62. The summed E-state index contributed by atoms with van der Waals surface area (Å²) in [5.41, 5.74) is 10.8. The highest BCUT2D eigenvalue weighted by Gasteiger charge is 2.32. The van der Waals surface area contributed by atoms with E-state index in [4.69, 9.17) is 10.5 Å². The number of anilines is 2. The van der Waals surface area contributed by atoms with Crippen LogP contribution in [0.25, 0.3) is 0 Å². The fourth-order valence-electron chi connectivity index (χ4n) is 3.37. The van der Waals surface area contributed by atoms with Crippen molar-refractivity contribution in [3.8, 4) is 0 Å².